The quantitative estimate of drug-likeness (QED) is 0.855. The van der Waals surface area contributed by atoms with Gasteiger partial charge in [0.05, 0.1) is 0 Å². The maximum absolute atomic E-state index is 10.7. The zero-order chi connectivity index (χ0) is 13.8. The molecule has 102 valence electrons. The number of aliphatic carboxylic acids is 1. The summed E-state index contributed by atoms with van der Waals surface area (Å²) >= 11 is 6.21. The van der Waals surface area contributed by atoms with E-state index >= 15 is 0 Å². The molecule has 1 aliphatic rings. The third-order valence-electron chi connectivity index (χ3n) is 3.53. The van der Waals surface area contributed by atoms with Crippen LogP contribution < -0.4 is 4.90 Å². The van der Waals surface area contributed by atoms with E-state index in [0.29, 0.717) is 11.1 Å². The summed E-state index contributed by atoms with van der Waals surface area (Å²) in [6.07, 6.45) is 6.30. The zero-order valence-corrected chi connectivity index (χ0v) is 11.7. The average molecular weight is 280 g/mol. The number of rotatable bonds is 3. The van der Waals surface area contributed by atoms with Crippen molar-refractivity contribution in [2.24, 2.45) is 0 Å². The Kier molecular flexibility index (Phi) is 4.48. The first kappa shape index (κ1) is 13.9. The Morgan fingerprint density at radius 3 is 2.95 bits per heavy atom. The molecule has 0 saturated carbocycles. The van der Waals surface area contributed by atoms with E-state index in [1.165, 1.54) is 12.8 Å². The summed E-state index contributed by atoms with van der Waals surface area (Å²) in [5.41, 5.74) is 1.82. The van der Waals surface area contributed by atoms with Crippen LogP contribution in [-0.2, 0) is 4.79 Å². The summed E-state index contributed by atoms with van der Waals surface area (Å²) in [7, 11) is 0. The van der Waals surface area contributed by atoms with E-state index in [9.17, 15) is 4.79 Å². The van der Waals surface area contributed by atoms with Crippen LogP contribution in [0.1, 0.15) is 31.7 Å². The first-order valence-electron chi connectivity index (χ1n) is 6.56. The summed E-state index contributed by atoms with van der Waals surface area (Å²) in [6, 6.07) is 6.18. The topological polar surface area (TPSA) is 40.5 Å². The van der Waals surface area contributed by atoms with Crippen molar-refractivity contribution in [1.29, 1.82) is 0 Å². The lowest BCUT2D eigenvalue weighted by Gasteiger charge is -2.36. The number of benzene rings is 1. The molecule has 19 heavy (non-hydrogen) atoms. The Morgan fingerprint density at radius 1 is 1.47 bits per heavy atom. The lowest BCUT2D eigenvalue weighted by Crippen LogP contribution is -2.37. The van der Waals surface area contributed by atoms with Gasteiger partial charge in [-0.25, -0.2) is 4.79 Å². The van der Waals surface area contributed by atoms with Gasteiger partial charge in [-0.3, -0.25) is 0 Å². The fraction of sp³-hybridized carbons (Fsp3) is 0.400. The van der Waals surface area contributed by atoms with Gasteiger partial charge >= 0.3 is 5.97 Å². The second kappa shape index (κ2) is 6.11. The Morgan fingerprint density at radius 2 is 2.26 bits per heavy atom. The van der Waals surface area contributed by atoms with Crippen LogP contribution >= 0.6 is 11.6 Å². The molecule has 2 rings (SSSR count). The van der Waals surface area contributed by atoms with E-state index in [1.807, 2.05) is 12.1 Å². The minimum atomic E-state index is -0.961. The number of hydrogen-bond donors (Lipinski definition) is 1. The van der Waals surface area contributed by atoms with Gasteiger partial charge in [-0.2, -0.15) is 0 Å². The van der Waals surface area contributed by atoms with E-state index in [1.54, 1.807) is 12.1 Å². The minimum absolute atomic E-state index is 0.462. The van der Waals surface area contributed by atoms with E-state index in [4.69, 9.17) is 16.7 Å². The number of nitrogens with zero attached hydrogens (tertiary/aromatic N) is 1. The molecular weight excluding hydrogens is 262 g/mol. The third-order valence-corrected chi connectivity index (χ3v) is 3.86. The van der Waals surface area contributed by atoms with Crippen molar-refractivity contribution in [3.63, 3.8) is 0 Å². The predicted octanol–water partition coefficient (Wildman–Crippen LogP) is 3.82. The molecule has 0 spiro atoms. The molecule has 1 aliphatic heterocycles. The molecule has 0 aliphatic carbocycles. The van der Waals surface area contributed by atoms with Gasteiger partial charge in [-0.1, -0.05) is 17.7 Å². The van der Waals surface area contributed by atoms with Crippen molar-refractivity contribution in [2.75, 3.05) is 11.4 Å². The molecule has 1 atom stereocenters. The van der Waals surface area contributed by atoms with Crippen LogP contribution in [0.25, 0.3) is 6.08 Å². The molecular formula is C15H18ClNO2. The summed E-state index contributed by atoms with van der Waals surface area (Å²) in [5, 5.41) is 9.37. The van der Waals surface area contributed by atoms with Crippen molar-refractivity contribution >= 4 is 29.3 Å². The molecule has 1 aromatic rings. The maximum atomic E-state index is 10.7. The molecule has 1 saturated heterocycles. The van der Waals surface area contributed by atoms with Crippen molar-refractivity contribution in [3.05, 3.63) is 34.9 Å². The standard InChI is InChI=1S/C15H18ClNO2/c1-11-5-2-3-10-17(11)14-7-4-6-13(16)12(14)8-9-15(18)19/h4,6-9,11H,2-3,5,10H2,1H3,(H,18,19)/b9-8+. The third kappa shape index (κ3) is 3.29. The predicted molar refractivity (Wildman–Crippen MR) is 78.8 cm³/mol. The molecule has 1 heterocycles. The largest absolute Gasteiger partial charge is 0.478 e. The van der Waals surface area contributed by atoms with E-state index < -0.39 is 5.97 Å². The van der Waals surface area contributed by atoms with Gasteiger partial charge in [-0.15, -0.1) is 0 Å². The second-order valence-corrected chi connectivity index (χ2v) is 5.29. The monoisotopic (exact) mass is 279 g/mol. The van der Waals surface area contributed by atoms with Gasteiger partial charge in [0.2, 0.25) is 0 Å². The number of halogens is 1. The fourth-order valence-electron chi connectivity index (χ4n) is 2.55. The van der Waals surface area contributed by atoms with Crippen molar-refractivity contribution in [3.8, 4) is 0 Å². The number of piperidine rings is 1. The molecule has 1 aromatic carbocycles. The van der Waals surface area contributed by atoms with Crippen LogP contribution in [0.4, 0.5) is 5.69 Å². The summed E-state index contributed by atoms with van der Waals surface area (Å²) in [6.45, 7) is 3.19. The number of hydrogen-bond acceptors (Lipinski definition) is 2. The Balaban J connectivity index is 2.38. The number of carboxylic acid groups (broad SMARTS) is 1. The lowest BCUT2D eigenvalue weighted by atomic mass is 10.0. The first-order chi connectivity index (χ1) is 9.09. The molecule has 0 bridgehead atoms. The van der Waals surface area contributed by atoms with Crippen LogP contribution in [0.3, 0.4) is 0 Å². The van der Waals surface area contributed by atoms with Gasteiger partial charge in [0, 0.05) is 34.9 Å². The molecule has 4 heteroatoms. The molecule has 1 fully saturated rings. The summed E-state index contributed by atoms with van der Waals surface area (Å²) < 4.78 is 0. The maximum Gasteiger partial charge on any atom is 0.328 e. The van der Waals surface area contributed by atoms with Crippen LogP contribution in [0.15, 0.2) is 24.3 Å². The number of carbonyl (C=O) groups is 1. The highest BCUT2D eigenvalue weighted by Crippen LogP contribution is 2.32. The number of anilines is 1. The van der Waals surface area contributed by atoms with Crippen LogP contribution in [-0.4, -0.2) is 23.7 Å². The van der Waals surface area contributed by atoms with Crippen molar-refractivity contribution in [1.82, 2.24) is 0 Å². The molecule has 1 unspecified atom stereocenters. The average Bonchev–Trinajstić information content (AvgIpc) is 2.37. The smallest absolute Gasteiger partial charge is 0.328 e. The SMILES string of the molecule is CC1CCCCN1c1cccc(Cl)c1/C=C/C(=O)O. The Hall–Kier alpha value is -1.48. The Bertz CT molecular complexity index is 499. The summed E-state index contributed by atoms with van der Waals surface area (Å²) in [5.74, 6) is -0.961. The normalized spacial score (nSPS) is 19.9. The second-order valence-electron chi connectivity index (χ2n) is 4.88. The Labute approximate surface area is 118 Å². The van der Waals surface area contributed by atoms with Gasteiger partial charge in [0.25, 0.3) is 0 Å². The lowest BCUT2D eigenvalue weighted by molar-refractivity contribution is -0.131. The first-order valence-corrected chi connectivity index (χ1v) is 6.93. The summed E-state index contributed by atoms with van der Waals surface area (Å²) in [4.78, 5) is 13.0. The van der Waals surface area contributed by atoms with Gasteiger partial charge in [-0.05, 0) is 44.4 Å². The molecule has 1 N–H and O–H groups in total. The van der Waals surface area contributed by atoms with E-state index in [2.05, 4.69) is 11.8 Å². The van der Waals surface area contributed by atoms with Crippen molar-refractivity contribution < 1.29 is 9.90 Å². The van der Waals surface area contributed by atoms with E-state index in [-0.39, 0.29) is 0 Å². The minimum Gasteiger partial charge on any atom is -0.478 e. The van der Waals surface area contributed by atoms with Crippen LogP contribution in [0.5, 0.6) is 0 Å². The highest BCUT2D eigenvalue weighted by atomic mass is 35.5. The number of carboxylic acids is 1. The van der Waals surface area contributed by atoms with Crippen LogP contribution in [0, 0.1) is 0 Å². The van der Waals surface area contributed by atoms with Crippen LogP contribution in [0.2, 0.25) is 5.02 Å². The molecule has 0 aromatic heterocycles. The fourth-order valence-corrected chi connectivity index (χ4v) is 2.78. The highest BCUT2D eigenvalue weighted by Gasteiger charge is 2.21. The van der Waals surface area contributed by atoms with Crippen molar-refractivity contribution in [2.45, 2.75) is 32.2 Å². The van der Waals surface area contributed by atoms with Gasteiger partial charge in [0.1, 0.15) is 0 Å². The molecule has 0 amide bonds. The van der Waals surface area contributed by atoms with E-state index in [0.717, 1.165) is 30.3 Å². The van der Waals surface area contributed by atoms with Gasteiger partial charge in [0.15, 0.2) is 0 Å². The molecule has 3 nitrogen and oxygen atoms in total. The van der Waals surface area contributed by atoms with Gasteiger partial charge < -0.3 is 10.0 Å². The highest BCUT2D eigenvalue weighted by molar-refractivity contribution is 6.32. The molecule has 0 radical (unpaired) electrons. The zero-order valence-electron chi connectivity index (χ0n) is 11.0.